The van der Waals surface area contributed by atoms with E-state index in [1.165, 1.54) is 0 Å². The van der Waals surface area contributed by atoms with E-state index >= 15 is 0 Å². The summed E-state index contributed by atoms with van der Waals surface area (Å²) >= 11 is 0. The van der Waals surface area contributed by atoms with Crippen LogP contribution < -0.4 is 0 Å². The molecule has 2 aromatic rings. The average Bonchev–Trinajstić information content (AvgIpc) is 3.07. The van der Waals surface area contributed by atoms with Crippen molar-refractivity contribution in [1.82, 2.24) is 19.8 Å². The number of carbonyl (C=O) groups excluding carboxylic acids is 1. The Morgan fingerprint density at radius 1 is 1.53 bits per heavy atom. The van der Waals surface area contributed by atoms with Crippen molar-refractivity contribution in [2.75, 3.05) is 6.54 Å². The molecule has 6 heteroatoms. The second-order valence-electron chi connectivity index (χ2n) is 4.90. The summed E-state index contributed by atoms with van der Waals surface area (Å²) in [5.41, 5.74) is 1.32. The molecule has 1 saturated heterocycles. The van der Waals surface area contributed by atoms with Crippen molar-refractivity contribution in [3.63, 3.8) is 0 Å². The van der Waals surface area contributed by atoms with Crippen LogP contribution in [0.15, 0.2) is 22.9 Å². The smallest absolute Gasteiger partial charge is 0.274 e. The monoisotopic (exact) mass is 260 g/mol. The summed E-state index contributed by atoms with van der Waals surface area (Å²) in [5.74, 6) is 0.719. The molecular weight excluding hydrogens is 244 g/mol. The minimum Gasteiger partial charge on any atom is -0.359 e. The summed E-state index contributed by atoms with van der Waals surface area (Å²) in [6.45, 7) is 2.62. The first-order chi connectivity index (χ1) is 9.15. The number of hydrogen-bond donors (Lipinski definition) is 0. The average molecular weight is 260 g/mol. The molecule has 0 saturated carbocycles. The fraction of sp³-hybridized carbons (Fsp3) is 0.462. The molecule has 0 radical (unpaired) electrons. The number of aromatic nitrogens is 3. The Morgan fingerprint density at radius 2 is 2.37 bits per heavy atom. The predicted molar refractivity (Wildman–Crippen MR) is 67.5 cm³/mol. The summed E-state index contributed by atoms with van der Waals surface area (Å²) in [6.07, 6.45) is 3.66. The molecule has 0 N–H and O–H groups in total. The van der Waals surface area contributed by atoms with Crippen molar-refractivity contribution in [3.05, 3.63) is 35.5 Å². The van der Waals surface area contributed by atoms with Gasteiger partial charge in [-0.1, -0.05) is 5.16 Å². The van der Waals surface area contributed by atoms with Crippen LogP contribution in [0.4, 0.5) is 0 Å². The van der Waals surface area contributed by atoms with E-state index in [2.05, 4.69) is 10.3 Å². The number of hydrogen-bond acceptors (Lipinski definition) is 4. The van der Waals surface area contributed by atoms with Crippen LogP contribution in [0, 0.1) is 6.92 Å². The van der Waals surface area contributed by atoms with E-state index in [9.17, 15) is 4.79 Å². The molecule has 2 aromatic heterocycles. The summed E-state index contributed by atoms with van der Waals surface area (Å²) in [7, 11) is 1.80. The van der Waals surface area contributed by atoms with Gasteiger partial charge in [0.1, 0.15) is 5.69 Å². The lowest BCUT2D eigenvalue weighted by Crippen LogP contribution is -2.30. The minimum absolute atomic E-state index is 0.0179. The molecule has 0 spiro atoms. The van der Waals surface area contributed by atoms with E-state index in [1.807, 2.05) is 17.9 Å². The third-order valence-corrected chi connectivity index (χ3v) is 3.42. The number of rotatable bonds is 2. The van der Waals surface area contributed by atoms with Gasteiger partial charge in [0.25, 0.3) is 5.91 Å². The van der Waals surface area contributed by atoms with Gasteiger partial charge >= 0.3 is 0 Å². The van der Waals surface area contributed by atoms with Crippen LogP contribution in [-0.2, 0) is 7.05 Å². The Hall–Kier alpha value is -2.11. The molecule has 3 rings (SSSR count). The highest BCUT2D eigenvalue weighted by atomic mass is 16.5. The molecule has 0 aliphatic carbocycles. The standard InChI is InChI=1S/C13H16N4O2/c1-9-8-12(19-15-9)11-4-3-6-17(11)13(18)10-5-7-16(2)14-10/h5,7-8,11H,3-4,6H2,1-2H3/t11-/m1/s1. The molecule has 6 nitrogen and oxygen atoms in total. The largest absolute Gasteiger partial charge is 0.359 e. The molecular formula is C13H16N4O2. The van der Waals surface area contributed by atoms with E-state index in [-0.39, 0.29) is 11.9 Å². The van der Waals surface area contributed by atoms with Gasteiger partial charge in [-0.2, -0.15) is 5.10 Å². The van der Waals surface area contributed by atoms with Crippen LogP contribution in [0.5, 0.6) is 0 Å². The van der Waals surface area contributed by atoms with Crippen LogP contribution in [0.3, 0.4) is 0 Å². The van der Waals surface area contributed by atoms with Crippen LogP contribution in [0.1, 0.15) is 40.8 Å². The lowest BCUT2D eigenvalue weighted by atomic mass is 10.1. The van der Waals surface area contributed by atoms with Crippen molar-refractivity contribution in [2.45, 2.75) is 25.8 Å². The lowest BCUT2D eigenvalue weighted by molar-refractivity contribution is 0.0708. The summed E-state index contributed by atoms with van der Waals surface area (Å²) in [5, 5.41) is 8.07. The molecule has 3 heterocycles. The topological polar surface area (TPSA) is 64.2 Å². The summed E-state index contributed by atoms with van der Waals surface area (Å²) < 4.78 is 6.94. The van der Waals surface area contributed by atoms with Crippen molar-refractivity contribution in [1.29, 1.82) is 0 Å². The van der Waals surface area contributed by atoms with E-state index in [4.69, 9.17) is 4.52 Å². The van der Waals surface area contributed by atoms with Gasteiger partial charge in [-0.05, 0) is 25.8 Å². The summed E-state index contributed by atoms with van der Waals surface area (Å²) in [6, 6.07) is 3.62. The minimum atomic E-state index is -0.0443. The maximum absolute atomic E-state index is 12.4. The van der Waals surface area contributed by atoms with Gasteiger partial charge in [0.2, 0.25) is 0 Å². The first-order valence-corrected chi connectivity index (χ1v) is 6.39. The number of aryl methyl sites for hydroxylation is 2. The van der Waals surface area contributed by atoms with Gasteiger partial charge < -0.3 is 9.42 Å². The van der Waals surface area contributed by atoms with Gasteiger partial charge in [-0.3, -0.25) is 9.48 Å². The Morgan fingerprint density at radius 3 is 3.00 bits per heavy atom. The maximum Gasteiger partial charge on any atom is 0.274 e. The lowest BCUT2D eigenvalue weighted by Gasteiger charge is -2.21. The Kier molecular flexibility index (Phi) is 2.85. The molecule has 19 heavy (non-hydrogen) atoms. The second-order valence-corrected chi connectivity index (χ2v) is 4.90. The molecule has 0 aromatic carbocycles. The third kappa shape index (κ3) is 2.14. The number of likely N-dealkylation sites (tertiary alicyclic amines) is 1. The molecule has 100 valence electrons. The normalized spacial score (nSPS) is 19.1. The zero-order valence-corrected chi connectivity index (χ0v) is 11.0. The van der Waals surface area contributed by atoms with E-state index in [0.29, 0.717) is 5.69 Å². The Labute approximate surface area is 111 Å². The highest BCUT2D eigenvalue weighted by Gasteiger charge is 2.33. The molecule has 1 fully saturated rings. The second kappa shape index (κ2) is 4.53. The van der Waals surface area contributed by atoms with Crippen LogP contribution in [-0.4, -0.2) is 32.3 Å². The van der Waals surface area contributed by atoms with E-state index < -0.39 is 0 Å². The van der Waals surface area contributed by atoms with Crippen LogP contribution >= 0.6 is 0 Å². The van der Waals surface area contributed by atoms with Gasteiger partial charge in [0, 0.05) is 25.9 Å². The molecule has 1 atom stereocenters. The molecule has 1 aliphatic rings. The third-order valence-electron chi connectivity index (χ3n) is 3.42. The van der Waals surface area contributed by atoms with Crippen molar-refractivity contribution < 1.29 is 9.32 Å². The molecule has 1 amide bonds. The number of nitrogens with zero attached hydrogens (tertiary/aromatic N) is 4. The predicted octanol–water partition coefficient (Wildman–Crippen LogP) is 1.69. The maximum atomic E-state index is 12.4. The zero-order chi connectivity index (χ0) is 13.4. The zero-order valence-electron chi connectivity index (χ0n) is 11.0. The first kappa shape index (κ1) is 12.0. The Bertz CT molecular complexity index is 601. The van der Waals surface area contributed by atoms with Gasteiger partial charge in [-0.25, -0.2) is 0 Å². The highest BCUT2D eigenvalue weighted by Crippen LogP contribution is 2.33. The molecule has 0 bridgehead atoms. The van der Waals surface area contributed by atoms with Gasteiger partial charge in [-0.15, -0.1) is 0 Å². The van der Waals surface area contributed by atoms with E-state index in [0.717, 1.165) is 30.8 Å². The van der Waals surface area contributed by atoms with Crippen molar-refractivity contribution >= 4 is 5.91 Å². The SMILES string of the molecule is Cc1cc([C@H]2CCCN2C(=O)c2ccn(C)n2)on1. The van der Waals surface area contributed by atoms with Crippen LogP contribution in [0.25, 0.3) is 0 Å². The Balaban J connectivity index is 1.85. The fourth-order valence-corrected chi connectivity index (χ4v) is 2.52. The van der Waals surface area contributed by atoms with E-state index in [1.54, 1.807) is 24.0 Å². The van der Waals surface area contributed by atoms with Gasteiger partial charge in [0.15, 0.2) is 5.76 Å². The number of carbonyl (C=O) groups is 1. The quantitative estimate of drug-likeness (QED) is 0.824. The summed E-state index contributed by atoms with van der Waals surface area (Å²) in [4.78, 5) is 14.3. The van der Waals surface area contributed by atoms with Crippen molar-refractivity contribution in [2.24, 2.45) is 7.05 Å². The fourth-order valence-electron chi connectivity index (χ4n) is 2.52. The molecule has 0 unspecified atom stereocenters. The van der Waals surface area contributed by atoms with Gasteiger partial charge in [0.05, 0.1) is 11.7 Å². The first-order valence-electron chi connectivity index (χ1n) is 6.39. The number of amides is 1. The highest BCUT2D eigenvalue weighted by molar-refractivity contribution is 5.92. The van der Waals surface area contributed by atoms with Crippen molar-refractivity contribution in [3.8, 4) is 0 Å². The molecule has 1 aliphatic heterocycles. The van der Waals surface area contributed by atoms with Crippen LogP contribution in [0.2, 0.25) is 0 Å².